The van der Waals surface area contributed by atoms with Gasteiger partial charge in [-0.2, -0.15) is 13.2 Å². The van der Waals surface area contributed by atoms with Crippen molar-refractivity contribution >= 4 is 6.29 Å². The van der Waals surface area contributed by atoms with E-state index in [-0.39, 0.29) is 16.7 Å². The molecule has 2 rings (SSSR count). The molecule has 2 aromatic rings. The van der Waals surface area contributed by atoms with Crippen LogP contribution in [0.5, 0.6) is 5.75 Å². The first-order valence-electron chi connectivity index (χ1n) is 5.77. The zero-order chi connectivity index (χ0) is 14.8. The fraction of sp³-hybridized carbons (Fsp3) is 0.133. The number of rotatable bonds is 3. The van der Waals surface area contributed by atoms with Crippen molar-refractivity contribution in [2.24, 2.45) is 0 Å². The SMILES string of the molecule is COc1ccc(C=O)c(-c2ccccc2C(F)(F)F)c1. The number of aldehydes is 1. The predicted molar refractivity (Wildman–Crippen MR) is 68.8 cm³/mol. The fourth-order valence-electron chi connectivity index (χ4n) is 1.96. The number of hydrogen-bond donors (Lipinski definition) is 0. The largest absolute Gasteiger partial charge is 0.497 e. The van der Waals surface area contributed by atoms with Crippen LogP contribution in [0, 0.1) is 0 Å². The van der Waals surface area contributed by atoms with E-state index >= 15 is 0 Å². The second-order valence-electron chi connectivity index (χ2n) is 4.11. The van der Waals surface area contributed by atoms with E-state index < -0.39 is 11.7 Å². The summed E-state index contributed by atoms with van der Waals surface area (Å²) >= 11 is 0. The Labute approximate surface area is 113 Å². The van der Waals surface area contributed by atoms with Gasteiger partial charge in [-0.3, -0.25) is 4.79 Å². The van der Waals surface area contributed by atoms with Gasteiger partial charge in [-0.05, 0) is 35.4 Å². The van der Waals surface area contributed by atoms with Crippen LogP contribution in [0.1, 0.15) is 15.9 Å². The lowest BCUT2D eigenvalue weighted by atomic mass is 9.95. The molecule has 0 radical (unpaired) electrons. The van der Waals surface area contributed by atoms with Crippen LogP contribution in [0.25, 0.3) is 11.1 Å². The summed E-state index contributed by atoms with van der Waals surface area (Å²) in [5, 5.41) is 0. The molecule has 0 atom stereocenters. The van der Waals surface area contributed by atoms with Crippen LogP contribution in [0.3, 0.4) is 0 Å². The molecule has 0 aromatic heterocycles. The fourth-order valence-corrected chi connectivity index (χ4v) is 1.96. The summed E-state index contributed by atoms with van der Waals surface area (Å²) in [5.41, 5.74) is -0.438. The van der Waals surface area contributed by atoms with Crippen molar-refractivity contribution in [3.8, 4) is 16.9 Å². The van der Waals surface area contributed by atoms with Gasteiger partial charge in [0.15, 0.2) is 6.29 Å². The summed E-state index contributed by atoms with van der Waals surface area (Å²) in [5.74, 6) is 0.391. The van der Waals surface area contributed by atoms with Gasteiger partial charge in [-0.1, -0.05) is 18.2 Å². The third-order valence-corrected chi connectivity index (χ3v) is 2.91. The first-order chi connectivity index (χ1) is 9.47. The molecule has 0 saturated carbocycles. The highest BCUT2D eigenvalue weighted by molar-refractivity contribution is 5.89. The summed E-state index contributed by atoms with van der Waals surface area (Å²) < 4.78 is 44.1. The van der Waals surface area contributed by atoms with Gasteiger partial charge in [0.25, 0.3) is 0 Å². The van der Waals surface area contributed by atoms with E-state index in [4.69, 9.17) is 4.74 Å². The quantitative estimate of drug-likeness (QED) is 0.788. The van der Waals surface area contributed by atoms with Crippen molar-refractivity contribution in [1.82, 2.24) is 0 Å². The molecular weight excluding hydrogens is 269 g/mol. The molecule has 0 heterocycles. The molecule has 20 heavy (non-hydrogen) atoms. The summed E-state index contributed by atoms with van der Waals surface area (Å²) in [7, 11) is 1.41. The van der Waals surface area contributed by atoms with Crippen LogP contribution in [0.2, 0.25) is 0 Å². The maximum Gasteiger partial charge on any atom is 0.417 e. The Morgan fingerprint density at radius 3 is 2.35 bits per heavy atom. The second-order valence-corrected chi connectivity index (χ2v) is 4.11. The van der Waals surface area contributed by atoms with E-state index in [1.54, 1.807) is 0 Å². The Hall–Kier alpha value is -2.30. The lowest BCUT2D eigenvalue weighted by molar-refractivity contribution is -0.137. The number of carbonyl (C=O) groups is 1. The van der Waals surface area contributed by atoms with Crippen molar-refractivity contribution in [2.45, 2.75) is 6.18 Å². The number of ether oxygens (including phenoxy) is 1. The zero-order valence-electron chi connectivity index (χ0n) is 10.6. The van der Waals surface area contributed by atoms with Crippen molar-refractivity contribution in [1.29, 1.82) is 0 Å². The third kappa shape index (κ3) is 2.66. The van der Waals surface area contributed by atoms with Crippen molar-refractivity contribution in [3.63, 3.8) is 0 Å². The molecule has 0 aliphatic carbocycles. The van der Waals surface area contributed by atoms with Crippen LogP contribution in [0.15, 0.2) is 42.5 Å². The molecule has 0 aliphatic heterocycles. The Balaban J connectivity index is 2.71. The molecular formula is C15H11F3O2. The number of alkyl halides is 3. The summed E-state index contributed by atoms with van der Waals surface area (Å²) in [6, 6.07) is 9.53. The molecule has 0 saturated heterocycles. The topological polar surface area (TPSA) is 26.3 Å². The van der Waals surface area contributed by atoms with Crippen LogP contribution >= 0.6 is 0 Å². The number of hydrogen-bond acceptors (Lipinski definition) is 2. The van der Waals surface area contributed by atoms with E-state index in [0.717, 1.165) is 6.07 Å². The van der Waals surface area contributed by atoms with Crippen LogP contribution in [0.4, 0.5) is 13.2 Å². The van der Waals surface area contributed by atoms with Gasteiger partial charge in [0.2, 0.25) is 0 Å². The van der Waals surface area contributed by atoms with Gasteiger partial charge >= 0.3 is 6.18 Å². The molecule has 0 unspecified atom stereocenters. The first kappa shape index (κ1) is 14.1. The Bertz CT molecular complexity index is 633. The maximum atomic E-state index is 13.0. The number of benzene rings is 2. The van der Waals surface area contributed by atoms with Gasteiger partial charge in [-0.15, -0.1) is 0 Å². The van der Waals surface area contributed by atoms with E-state index in [1.165, 1.54) is 43.5 Å². The number of halogens is 3. The van der Waals surface area contributed by atoms with Gasteiger partial charge in [-0.25, -0.2) is 0 Å². The van der Waals surface area contributed by atoms with Gasteiger partial charge in [0.1, 0.15) is 5.75 Å². The predicted octanol–water partition coefficient (Wildman–Crippen LogP) is 4.19. The molecule has 0 N–H and O–H groups in total. The first-order valence-corrected chi connectivity index (χ1v) is 5.77. The smallest absolute Gasteiger partial charge is 0.417 e. The van der Waals surface area contributed by atoms with E-state index in [9.17, 15) is 18.0 Å². The maximum absolute atomic E-state index is 13.0. The van der Waals surface area contributed by atoms with Gasteiger partial charge in [0.05, 0.1) is 12.7 Å². The minimum Gasteiger partial charge on any atom is -0.497 e. The molecule has 0 amide bonds. The Morgan fingerprint density at radius 1 is 1.05 bits per heavy atom. The molecule has 0 aliphatic rings. The van der Waals surface area contributed by atoms with Crippen molar-refractivity contribution < 1.29 is 22.7 Å². The highest BCUT2D eigenvalue weighted by atomic mass is 19.4. The number of methoxy groups -OCH3 is 1. The van der Waals surface area contributed by atoms with Crippen LogP contribution < -0.4 is 4.74 Å². The van der Waals surface area contributed by atoms with E-state index in [1.807, 2.05) is 0 Å². The number of carbonyl (C=O) groups excluding carboxylic acids is 1. The van der Waals surface area contributed by atoms with Gasteiger partial charge < -0.3 is 4.74 Å². The van der Waals surface area contributed by atoms with E-state index in [0.29, 0.717) is 12.0 Å². The molecule has 0 fully saturated rings. The normalized spacial score (nSPS) is 11.2. The average molecular weight is 280 g/mol. The van der Waals surface area contributed by atoms with E-state index in [2.05, 4.69) is 0 Å². The minimum atomic E-state index is -4.49. The van der Waals surface area contributed by atoms with Gasteiger partial charge in [0, 0.05) is 5.56 Å². The van der Waals surface area contributed by atoms with Crippen molar-refractivity contribution in [3.05, 3.63) is 53.6 Å². The average Bonchev–Trinajstić information content (AvgIpc) is 2.45. The summed E-state index contributed by atoms with van der Waals surface area (Å²) in [6.45, 7) is 0. The lowest BCUT2D eigenvalue weighted by Gasteiger charge is -2.14. The van der Waals surface area contributed by atoms with Crippen molar-refractivity contribution in [2.75, 3.05) is 7.11 Å². The Kier molecular flexibility index (Phi) is 3.79. The monoisotopic (exact) mass is 280 g/mol. The molecule has 0 spiro atoms. The second kappa shape index (κ2) is 5.36. The summed E-state index contributed by atoms with van der Waals surface area (Å²) in [6.07, 6.45) is -3.96. The third-order valence-electron chi connectivity index (χ3n) is 2.91. The molecule has 104 valence electrons. The summed E-state index contributed by atoms with van der Waals surface area (Å²) in [4.78, 5) is 11.0. The molecule has 0 bridgehead atoms. The minimum absolute atomic E-state index is 0.0407. The van der Waals surface area contributed by atoms with Crippen LogP contribution in [-0.4, -0.2) is 13.4 Å². The van der Waals surface area contributed by atoms with Crippen LogP contribution in [-0.2, 0) is 6.18 Å². The molecule has 2 nitrogen and oxygen atoms in total. The molecule has 2 aromatic carbocycles. The standard InChI is InChI=1S/C15H11F3O2/c1-20-11-7-6-10(9-19)13(8-11)12-4-2-3-5-14(12)15(16,17)18/h2-9H,1H3. The highest BCUT2D eigenvalue weighted by Gasteiger charge is 2.33. The zero-order valence-corrected chi connectivity index (χ0v) is 10.6. The lowest BCUT2D eigenvalue weighted by Crippen LogP contribution is -2.07. The Morgan fingerprint density at radius 2 is 1.75 bits per heavy atom. The molecule has 5 heteroatoms. The highest BCUT2D eigenvalue weighted by Crippen LogP contribution is 2.38.